The molecule has 0 aliphatic heterocycles. The SMILES string of the molecule is Cc1ccc(-c2ccccc2)cc1-c1n(C2CCCC2)c2ccccc2[n+]1C. The molecule has 0 atom stereocenters. The second-order valence-electron chi connectivity index (χ2n) is 8.08. The fourth-order valence-corrected chi connectivity index (χ4v) is 4.86. The molecular weight excluding hydrogens is 340 g/mol. The van der Waals surface area contributed by atoms with Crippen molar-refractivity contribution in [2.24, 2.45) is 7.05 Å². The van der Waals surface area contributed by atoms with Crippen LogP contribution >= 0.6 is 0 Å². The maximum Gasteiger partial charge on any atom is 0.290 e. The van der Waals surface area contributed by atoms with E-state index in [0.717, 1.165) is 0 Å². The van der Waals surface area contributed by atoms with Gasteiger partial charge in [0, 0.05) is 0 Å². The fraction of sp³-hybridized carbons (Fsp3) is 0.269. The molecule has 28 heavy (non-hydrogen) atoms. The van der Waals surface area contributed by atoms with Crippen molar-refractivity contribution >= 4 is 11.0 Å². The zero-order valence-corrected chi connectivity index (χ0v) is 16.7. The van der Waals surface area contributed by atoms with Gasteiger partial charge in [0.1, 0.15) is 6.04 Å². The van der Waals surface area contributed by atoms with Crippen LogP contribution in [-0.2, 0) is 7.05 Å². The van der Waals surface area contributed by atoms with Gasteiger partial charge in [-0.15, -0.1) is 0 Å². The summed E-state index contributed by atoms with van der Waals surface area (Å²) in [4.78, 5) is 0. The van der Waals surface area contributed by atoms with Gasteiger partial charge in [-0.1, -0.05) is 54.6 Å². The van der Waals surface area contributed by atoms with Crippen molar-refractivity contribution < 1.29 is 4.57 Å². The number of rotatable bonds is 3. The molecule has 0 radical (unpaired) electrons. The first kappa shape index (κ1) is 17.2. The van der Waals surface area contributed by atoms with E-state index < -0.39 is 0 Å². The Morgan fingerprint density at radius 3 is 2.32 bits per heavy atom. The average molecular weight is 368 g/mol. The highest BCUT2D eigenvalue weighted by molar-refractivity contribution is 5.79. The van der Waals surface area contributed by atoms with E-state index in [1.807, 2.05) is 0 Å². The molecule has 0 saturated heterocycles. The largest absolute Gasteiger partial charge is 0.290 e. The maximum absolute atomic E-state index is 2.62. The van der Waals surface area contributed by atoms with Crippen molar-refractivity contribution in [2.75, 3.05) is 0 Å². The number of benzene rings is 3. The van der Waals surface area contributed by atoms with Crippen LogP contribution in [0, 0.1) is 6.92 Å². The molecule has 2 nitrogen and oxygen atoms in total. The van der Waals surface area contributed by atoms with Crippen molar-refractivity contribution in [1.29, 1.82) is 0 Å². The predicted molar refractivity (Wildman–Crippen MR) is 116 cm³/mol. The van der Waals surface area contributed by atoms with Crippen molar-refractivity contribution in [3.8, 4) is 22.5 Å². The van der Waals surface area contributed by atoms with Crippen LogP contribution in [0.2, 0.25) is 0 Å². The smallest absolute Gasteiger partial charge is 0.226 e. The molecule has 0 spiro atoms. The van der Waals surface area contributed by atoms with Crippen molar-refractivity contribution in [2.45, 2.75) is 38.6 Å². The topological polar surface area (TPSA) is 8.81 Å². The minimum absolute atomic E-state index is 0.598. The Balaban J connectivity index is 1.78. The standard InChI is InChI=1S/C26H27N2/c1-19-16-17-21(20-10-4-3-5-11-20)18-23(19)26-27(2)24-14-8-9-15-25(24)28(26)22-12-6-7-13-22/h3-5,8-11,14-18,22H,6-7,12-13H2,1-2H3/q+1. The van der Waals surface area contributed by atoms with Gasteiger partial charge in [0.25, 0.3) is 5.82 Å². The molecule has 1 aromatic heterocycles. The molecule has 0 amide bonds. The van der Waals surface area contributed by atoms with Gasteiger partial charge in [0.15, 0.2) is 11.0 Å². The second kappa shape index (κ2) is 6.94. The van der Waals surface area contributed by atoms with E-state index in [0.29, 0.717) is 6.04 Å². The highest BCUT2D eigenvalue weighted by Crippen LogP contribution is 2.37. The molecule has 1 fully saturated rings. The number of fused-ring (bicyclic) bond motifs is 1. The van der Waals surface area contributed by atoms with Crippen LogP contribution in [0.3, 0.4) is 0 Å². The quantitative estimate of drug-likeness (QED) is 0.380. The lowest BCUT2D eigenvalue weighted by Gasteiger charge is -2.13. The van der Waals surface area contributed by atoms with E-state index in [9.17, 15) is 0 Å². The molecule has 1 aliphatic carbocycles. The van der Waals surface area contributed by atoms with Crippen molar-refractivity contribution in [1.82, 2.24) is 4.57 Å². The summed E-state index contributed by atoms with van der Waals surface area (Å²) in [5.41, 5.74) is 7.90. The first-order chi connectivity index (χ1) is 13.7. The van der Waals surface area contributed by atoms with E-state index in [1.165, 1.54) is 64.8 Å². The minimum atomic E-state index is 0.598. The van der Waals surface area contributed by atoms with Crippen LogP contribution in [0.15, 0.2) is 72.8 Å². The summed E-state index contributed by atoms with van der Waals surface area (Å²) in [6.07, 6.45) is 5.24. The van der Waals surface area contributed by atoms with E-state index in [1.54, 1.807) is 0 Å². The first-order valence-corrected chi connectivity index (χ1v) is 10.4. The van der Waals surface area contributed by atoms with E-state index in [2.05, 4.69) is 95.9 Å². The molecule has 5 rings (SSSR count). The summed E-state index contributed by atoms with van der Waals surface area (Å²) in [7, 11) is 2.22. The van der Waals surface area contributed by atoms with Gasteiger partial charge in [-0.25, -0.2) is 9.13 Å². The van der Waals surface area contributed by atoms with Gasteiger partial charge in [0.05, 0.1) is 12.6 Å². The Hall–Kier alpha value is -2.87. The second-order valence-corrected chi connectivity index (χ2v) is 8.08. The molecule has 0 unspecified atom stereocenters. The molecule has 3 aromatic carbocycles. The molecule has 1 aliphatic rings. The summed E-state index contributed by atoms with van der Waals surface area (Å²) in [5, 5.41) is 0. The summed E-state index contributed by atoms with van der Waals surface area (Å²) in [6, 6.07) is 27.1. The molecule has 0 bridgehead atoms. The average Bonchev–Trinajstić information content (AvgIpc) is 3.36. The molecule has 1 heterocycles. The summed E-state index contributed by atoms with van der Waals surface area (Å²) in [6.45, 7) is 2.24. The fourth-order valence-electron chi connectivity index (χ4n) is 4.86. The van der Waals surface area contributed by atoms with Crippen molar-refractivity contribution in [3.05, 3.63) is 78.4 Å². The number of hydrogen-bond donors (Lipinski definition) is 0. The third-order valence-corrected chi connectivity index (χ3v) is 6.32. The zero-order valence-electron chi connectivity index (χ0n) is 16.7. The van der Waals surface area contributed by atoms with Crippen molar-refractivity contribution in [3.63, 3.8) is 0 Å². The molecular formula is C26H27N2+. The lowest BCUT2D eigenvalue weighted by Crippen LogP contribution is -2.31. The lowest BCUT2D eigenvalue weighted by molar-refractivity contribution is -0.634. The number of aromatic nitrogens is 2. The Kier molecular flexibility index (Phi) is 4.27. The molecule has 4 aromatic rings. The normalized spacial score (nSPS) is 14.8. The van der Waals surface area contributed by atoms with Gasteiger partial charge in [-0.3, -0.25) is 0 Å². The van der Waals surface area contributed by atoms with Gasteiger partial charge in [-0.2, -0.15) is 0 Å². The number of aryl methyl sites for hydroxylation is 2. The third-order valence-electron chi connectivity index (χ3n) is 6.32. The molecule has 0 N–H and O–H groups in total. The Morgan fingerprint density at radius 2 is 1.54 bits per heavy atom. The van der Waals surface area contributed by atoms with Crippen LogP contribution in [0.5, 0.6) is 0 Å². The Morgan fingerprint density at radius 1 is 0.821 bits per heavy atom. The number of para-hydroxylation sites is 2. The van der Waals surface area contributed by atoms with Crippen LogP contribution in [0.25, 0.3) is 33.5 Å². The highest BCUT2D eigenvalue weighted by Gasteiger charge is 2.32. The van der Waals surface area contributed by atoms with Crippen LogP contribution in [-0.4, -0.2) is 4.57 Å². The Bertz CT molecular complexity index is 1130. The lowest BCUT2D eigenvalue weighted by atomic mass is 9.99. The maximum atomic E-state index is 2.62. The summed E-state index contributed by atoms with van der Waals surface area (Å²) >= 11 is 0. The highest BCUT2D eigenvalue weighted by atomic mass is 15.2. The minimum Gasteiger partial charge on any atom is -0.226 e. The van der Waals surface area contributed by atoms with Crippen LogP contribution in [0.1, 0.15) is 37.3 Å². The van der Waals surface area contributed by atoms with E-state index in [4.69, 9.17) is 0 Å². The number of imidazole rings is 1. The van der Waals surface area contributed by atoms with E-state index in [-0.39, 0.29) is 0 Å². The van der Waals surface area contributed by atoms with Gasteiger partial charge in [-0.05, 0) is 67.5 Å². The Labute approximate surface area is 167 Å². The number of hydrogen-bond acceptors (Lipinski definition) is 0. The van der Waals surface area contributed by atoms with Crippen LogP contribution < -0.4 is 4.57 Å². The first-order valence-electron chi connectivity index (χ1n) is 10.4. The third kappa shape index (κ3) is 2.75. The predicted octanol–water partition coefficient (Wildman–Crippen LogP) is 6.22. The molecule has 1 saturated carbocycles. The summed E-state index contributed by atoms with van der Waals surface area (Å²) < 4.78 is 5.02. The molecule has 140 valence electrons. The monoisotopic (exact) mass is 367 g/mol. The van der Waals surface area contributed by atoms with E-state index >= 15 is 0 Å². The number of nitrogens with zero attached hydrogens (tertiary/aromatic N) is 2. The van der Waals surface area contributed by atoms with Gasteiger partial charge in [0.2, 0.25) is 0 Å². The summed E-state index contributed by atoms with van der Waals surface area (Å²) in [5.74, 6) is 1.34. The van der Waals surface area contributed by atoms with Crippen LogP contribution in [0.4, 0.5) is 0 Å². The van der Waals surface area contributed by atoms with Gasteiger partial charge < -0.3 is 0 Å². The molecule has 2 heteroatoms. The zero-order chi connectivity index (χ0) is 19.1. The van der Waals surface area contributed by atoms with Gasteiger partial charge >= 0.3 is 0 Å².